The maximum Gasteiger partial charge on any atom is 0.123 e. The van der Waals surface area contributed by atoms with E-state index in [0.717, 1.165) is 11.3 Å². The average molecular weight is 289 g/mol. The van der Waals surface area contributed by atoms with E-state index in [1.54, 1.807) is 30.5 Å². The summed E-state index contributed by atoms with van der Waals surface area (Å²) >= 11 is 0. The quantitative estimate of drug-likeness (QED) is 0.764. The summed E-state index contributed by atoms with van der Waals surface area (Å²) in [7, 11) is 0. The number of phenols is 2. The Balaban J connectivity index is 2.22. The van der Waals surface area contributed by atoms with Crippen LogP contribution in [0.25, 0.3) is 11.6 Å². The molecule has 0 atom stereocenters. The Kier molecular flexibility index (Phi) is 3.88. The number of phenolic OH excluding ortho intramolecular Hbond substituents is 2. The topological polar surface area (TPSA) is 53.4 Å². The molecule has 22 heavy (non-hydrogen) atoms. The van der Waals surface area contributed by atoms with Gasteiger partial charge in [0, 0.05) is 17.3 Å². The maximum absolute atomic E-state index is 10.2. The van der Waals surface area contributed by atoms with Crippen LogP contribution >= 0.6 is 0 Å². The van der Waals surface area contributed by atoms with Crippen LogP contribution in [-0.2, 0) is 0 Å². The van der Waals surface area contributed by atoms with E-state index < -0.39 is 0 Å². The molecule has 0 bridgehead atoms. The zero-order chi connectivity index (χ0) is 15.4. The lowest BCUT2D eigenvalue weighted by molar-refractivity contribution is 0.471. The van der Waals surface area contributed by atoms with Crippen LogP contribution in [0.15, 0.2) is 72.9 Å². The third-order valence-corrected chi connectivity index (χ3v) is 3.37. The monoisotopic (exact) mass is 289 g/mol. The number of aromatic hydroxyl groups is 2. The maximum atomic E-state index is 10.2. The Labute approximate surface area is 128 Å². The van der Waals surface area contributed by atoms with Crippen molar-refractivity contribution in [2.75, 3.05) is 0 Å². The van der Waals surface area contributed by atoms with Crippen LogP contribution in [0.3, 0.4) is 0 Å². The van der Waals surface area contributed by atoms with Gasteiger partial charge < -0.3 is 10.2 Å². The molecule has 3 aromatic rings. The number of benzene rings is 2. The Morgan fingerprint density at radius 1 is 0.727 bits per heavy atom. The van der Waals surface area contributed by atoms with Gasteiger partial charge in [-0.25, -0.2) is 0 Å². The van der Waals surface area contributed by atoms with Crippen LogP contribution in [0.2, 0.25) is 0 Å². The Morgan fingerprint density at radius 2 is 1.27 bits per heavy atom. The number of pyridine rings is 1. The van der Waals surface area contributed by atoms with Crippen molar-refractivity contribution in [2.45, 2.75) is 0 Å². The van der Waals surface area contributed by atoms with Crippen LogP contribution in [0, 0.1) is 0 Å². The van der Waals surface area contributed by atoms with Crippen molar-refractivity contribution in [3.8, 4) is 11.5 Å². The van der Waals surface area contributed by atoms with Gasteiger partial charge >= 0.3 is 0 Å². The molecule has 0 aliphatic rings. The molecule has 1 aromatic heterocycles. The fourth-order valence-corrected chi connectivity index (χ4v) is 2.31. The minimum atomic E-state index is 0.160. The molecule has 108 valence electrons. The zero-order valence-corrected chi connectivity index (χ0v) is 11.8. The lowest BCUT2D eigenvalue weighted by Crippen LogP contribution is -1.91. The summed E-state index contributed by atoms with van der Waals surface area (Å²) in [5, 5.41) is 20.3. The predicted octanol–water partition coefficient (Wildman–Crippen LogP) is 4.08. The van der Waals surface area contributed by atoms with Crippen molar-refractivity contribution in [1.82, 2.24) is 4.98 Å². The van der Waals surface area contributed by atoms with Gasteiger partial charge in [0.05, 0.1) is 5.69 Å². The molecule has 0 spiro atoms. The van der Waals surface area contributed by atoms with Gasteiger partial charge in [-0.3, -0.25) is 4.98 Å². The molecule has 2 aromatic carbocycles. The summed E-state index contributed by atoms with van der Waals surface area (Å²) in [6.45, 7) is 0. The Morgan fingerprint density at radius 3 is 1.77 bits per heavy atom. The molecule has 0 amide bonds. The minimum Gasteiger partial charge on any atom is -0.507 e. The lowest BCUT2D eigenvalue weighted by Gasteiger charge is -2.12. The molecule has 0 aliphatic carbocycles. The van der Waals surface area contributed by atoms with Crippen molar-refractivity contribution < 1.29 is 10.2 Å². The molecule has 2 N–H and O–H groups in total. The molecule has 0 saturated carbocycles. The van der Waals surface area contributed by atoms with E-state index in [1.165, 1.54) is 0 Å². The first-order valence-electron chi connectivity index (χ1n) is 6.95. The highest BCUT2D eigenvalue weighted by molar-refractivity contribution is 5.94. The van der Waals surface area contributed by atoms with Gasteiger partial charge in [-0.05, 0) is 35.9 Å². The molecule has 0 saturated heterocycles. The van der Waals surface area contributed by atoms with Gasteiger partial charge in [0.2, 0.25) is 0 Å². The van der Waals surface area contributed by atoms with Crippen molar-refractivity contribution in [1.29, 1.82) is 0 Å². The highest BCUT2D eigenvalue weighted by atomic mass is 16.3. The second-order valence-corrected chi connectivity index (χ2v) is 4.85. The first kappa shape index (κ1) is 13.9. The minimum absolute atomic E-state index is 0.160. The van der Waals surface area contributed by atoms with Crippen LogP contribution in [0.1, 0.15) is 16.8 Å². The fourth-order valence-electron chi connectivity index (χ4n) is 2.31. The summed E-state index contributed by atoms with van der Waals surface area (Å²) in [5.41, 5.74) is 2.77. The van der Waals surface area contributed by atoms with E-state index in [4.69, 9.17) is 0 Å². The number of para-hydroxylation sites is 2. The third-order valence-electron chi connectivity index (χ3n) is 3.37. The summed E-state index contributed by atoms with van der Waals surface area (Å²) < 4.78 is 0. The predicted molar refractivity (Wildman–Crippen MR) is 87.4 cm³/mol. The van der Waals surface area contributed by atoms with Crippen molar-refractivity contribution >= 4 is 11.6 Å². The second-order valence-electron chi connectivity index (χ2n) is 4.85. The summed E-state index contributed by atoms with van der Waals surface area (Å²) in [6.07, 6.45) is 3.56. The molecule has 3 rings (SSSR count). The SMILES string of the molecule is Oc1ccccc1C(=Cc1ccccn1)c1ccccc1O. The van der Waals surface area contributed by atoms with E-state index in [9.17, 15) is 10.2 Å². The van der Waals surface area contributed by atoms with Crippen molar-refractivity contribution in [3.05, 3.63) is 89.7 Å². The lowest BCUT2D eigenvalue weighted by atomic mass is 9.95. The second kappa shape index (κ2) is 6.14. The van der Waals surface area contributed by atoms with E-state index in [0.29, 0.717) is 11.1 Å². The standard InChI is InChI=1S/C19H15NO2/c21-18-10-3-1-8-15(18)17(13-14-7-5-6-12-20-14)16-9-2-4-11-19(16)22/h1-13,21-22H. The van der Waals surface area contributed by atoms with Gasteiger partial charge in [0.25, 0.3) is 0 Å². The van der Waals surface area contributed by atoms with Gasteiger partial charge in [0.1, 0.15) is 11.5 Å². The van der Waals surface area contributed by atoms with Crippen LogP contribution < -0.4 is 0 Å². The van der Waals surface area contributed by atoms with E-state index in [-0.39, 0.29) is 11.5 Å². The normalized spacial score (nSPS) is 10.2. The smallest absolute Gasteiger partial charge is 0.123 e. The average Bonchev–Trinajstić information content (AvgIpc) is 2.55. The van der Waals surface area contributed by atoms with E-state index in [2.05, 4.69) is 4.98 Å². The molecule has 3 nitrogen and oxygen atoms in total. The molecular weight excluding hydrogens is 274 g/mol. The number of hydrogen-bond acceptors (Lipinski definition) is 3. The first-order chi connectivity index (χ1) is 10.8. The molecule has 0 aliphatic heterocycles. The molecule has 1 heterocycles. The summed E-state index contributed by atoms with van der Waals surface area (Å²) in [5.74, 6) is 0.320. The molecule has 0 fully saturated rings. The van der Waals surface area contributed by atoms with Crippen molar-refractivity contribution in [3.63, 3.8) is 0 Å². The van der Waals surface area contributed by atoms with Gasteiger partial charge in [-0.2, -0.15) is 0 Å². The number of aromatic nitrogens is 1. The molecule has 0 radical (unpaired) electrons. The van der Waals surface area contributed by atoms with Crippen LogP contribution in [0.4, 0.5) is 0 Å². The van der Waals surface area contributed by atoms with Crippen LogP contribution in [-0.4, -0.2) is 15.2 Å². The van der Waals surface area contributed by atoms with Crippen LogP contribution in [0.5, 0.6) is 11.5 Å². The summed E-state index contributed by atoms with van der Waals surface area (Å²) in [4.78, 5) is 4.29. The van der Waals surface area contributed by atoms with Crippen molar-refractivity contribution in [2.24, 2.45) is 0 Å². The number of rotatable bonds is 3. The molecule has 0 unspecified atom stereocenters. The fraction of sp³-hybridized carbons (Fsp3) is 0. The largest absolute Gasteiger partial charge is 0.507 e. The molecular formula is C19H15NO2. The Bertz CT molecular complexity index is 763. The summed E-state index contributed by atoms with van der Waals surface area (Å²) in [6, 6.07) is 19.7. The first-order valence-corrected chi connectivity index (χ1v) is 6.95. The number of nitrogens with zero attached hydrogens (tertiary/aromatic N) is 1. The highest BCUT2D eigenvalue weighted by Gasteiger charge is 2.13. The van der Waals surface area contributed by atoms with Gasteiger partial charge in [-0.1, -0.05) is 42.5 Å². The third kappa shape index (κ3) is 2.83. The van der Waals surface area contributed by atoms with Gasteiger partial charge in [0.15, 0.2) is 0 Å². The highest BCUT2D eigenvalue weighted by Crippen LogP contribution is 2.35. The van der Waals surface area contributed by atoms with Gasteiger partial charge in [-0.15, -0.1) is 0 Å². The number of hydrogen-bond donors (Lipinski definition) is 2. The Hall–Kier alpha value is -3.07. The van der Waals surface area contributed by atoms with E-state index >= 15 is 0 Å². The zero-order valence-electron chi connectivity index (χ0n) is 11.8. The van der Waals surface area contributed by atoms with E-state index in [1.807, 2.05) is 48.5 Å². The molecule has 3 heteroatoms.